The van der Waals surface area contributed by atoms with Gasteiger partial charge in [0.15, 0.2) is 0 Å². The van der Waals surface area contributed by atoms with Crippen LogP contribution in [0.1, 0.15) is 19.3 Å². The second kappa shape index (κ2) is 5.80. The van der Waals surface area contributed by atoms with E-state index in [2.05, 4.69) is 15.2 Å². The Hall–Kier alpha value is -1.60. The first kappa shape index (κ1) is 14.8. The molecule has 1 fully saturated rings. The maximum Gasteiger partial charge on any atom is 0.327 e. The van der Waals surface area contributed by atoms with Crippen LogP contribution in [-0.2, 0) is 16.1 Å². The quantitative estimate of drug-likeness (QED) is 0.762. The Morgan fingerprint density at radius 1 is 1.65 bits per heavy atom. The molecule has 1 aromatic rings. The Morgan fingerprint density at radius 3 is 2.90 bits per heavy atom. The van der Waals surface area contributed by atoms with E-state index in [1.54, 1.807) is 0 Å². The summed E-state index contributed by atoms with van der Waals surface area (Å²) in [7, 11) is 1.24. The van der Waals surface area contributed by atoms with E-state index in [0.717, 1.165) is 23.9 Å². The maximum absolute atomic E-state index is 11.9. The van der Waals surface area contributed by atoms with Crippen LogP contribution in [0.4, 0.5) is 5.69 Å². The van der Waals surface area contributed by atoms with Gasteiger partial charge in [-0.25, -0.2) is 4.68 Å². The van der Waals surface area contributed by atoms with Crippen molar-refractivity contribution >= 4 is 23.3 Å². The summed E-state index contributed by atoms with van der Waals surface area (Å²) in [6.07, 6.45) is 4.43. The molecule has 1 aliphatic rings. The number of aromatic nitrogens is 2. The number of nitrogens with zero attached hydrogens (tertiary/aromatic N) is 2. The molecular formula is C12H17ClN4O3. The number of ether oxygens (including phenoxy) is 1. The SMILES string of the molecule is COC(=O)Cn1ncc(NCC2(N)CCC2)c(Cl)c1=O. The van der Waals surface area contributed by atoms with Crippen molar-refractivity contribution in [2.45, 2.75) is 31.3 Å². The first-order valence-corrected chi connectivity index (χ1v) is 6.68. The number of nitrogens with two attached hydrogens (primary N) is 1. The molecule has 2 rings (SSSR count). The van der Waals surface area contributed by atoms with Gasteiger partial charge in [-0.3, -0.25) is 9.59 Å². The van der Waals surface area contributed by atoms with Gasteiger partial charge in [-0.1, -0.05) is 11.6 Å². The van der Waals surface area contributed by atoms with Gasteiger partial charge >= 0.3 is 5.97 Å². The molecule has 1 heterocycles. The van der Waals surface area contributed by atoms with Gasteiger partial charge in [0.1, 0.15) is 11.6 Å². The molecular weight excluding hydrogens is 284 g/mol. The molecule has 20 heavy (non-hydrogen) atoms. The first-order valence-electron chi connectivity index (χ1n) is 6.30. The average molecular weight is 301 g/mol. The summed E-state index contributed by atoms with van der Waals surface area (Å²) < 4.78 is 5.44. The van der Waals surface area contributed by atoms with Crippen LogP contribution in [0, 0.1) is 0 Å². The van der Waals surface area contributed by atoms with Gasteiger partial charge in [0, 0.05) is 12.1 Å². The van der Waals surface area contributed by atoms with Gasteiger partial charge in [0.2, 0.25) is 0 Å². The molecule has 0 aliphatic heterocycles. The Bertz CT molecular complexity index is 568. The van der Waals surface area contributed by atoms with E-state index in [9.17, 15) is 9.59 Å². The summed E-state index contributed by atoms with van der Waals surface area (Å²) in [6.45, 7) is 0.269. The van der Waals surface area contributed by atoms with Crippen molar-refractivity contribution in [3.05, 3.63) is 21.6 Å². The lowest BCUT2D eigenvalue weighted by Crippen LogP contribution is -2.52. The Balaban J connectivity index is 2.10. The second-order valence-electron chi connectivity index (χ2n) is 4.98. The smallest absolute Gasteiger partial charge is 0.327 e. The van der Waals surface area contributed by atoms with Crippen molar-refractivity contribution in [1.29, 1.82) is 0 Å². The number of esters is 1. The zero-order valence-electron chi connectivity index (χ0n) is 11.2. The second-order valence-corrected chi connectivity index (χ2v) is 5.36. The highest BCUT2D eigenvalue weighted by atomic mass is 35.5. The fourth-order valence-electron chi connectivity index (χ4n) is 1.97. The lowest BCUT2D eigenvalue weighted by Gasteiger charge is -2.38. The van der Waals surface area contributed by atoms with Crippen molar-refractivity contribution in [2.24, 2.45) is 5.73 Å². The third-order valence-electron chi connectivity index (χ3n) is 3.47. The van der Waals surface area contributed by atoms with E-state index >= 15 is 0 Å². The number of carbonyl (C=O) groups is 1. The lowest BCUT2D eigenvalue weighted by molar-refractivity contribution is -0.141. The number of nitrogens with one attached hydrogen (secondary N) is 1. The van der Waals surface area contributed by atoms with Crippen LogP contribution >= 0.6 is 11.6 Å². The third-order valence-corrected chi connectivity index (χ3v) is 3.84. The summed E-state index contributed by atoms with van der Waals surface area (Å²) in [4.78, 5) is 23.1. The summed E-state index contributed by atoms with van der Waals surface area (Å²) in [5.41, 5.74) is 5.74. The molecule has 7 nitrogen and oxygen atoms in total. The predicted octanol–water partition coefficient (Wildman–Crippen LogP) is 0.363. The minimum Gasteiger partial charge on any atom is -0.468 e. The molecule has 0 amide bonds. The lowest BCUT2D eigenvalue weighted by atomic mass is 9.78. The van der Waals surface area contributed by atoms with Gasteiger partial charge < -0.3 is 15.8 Å². The molecule has 1 aliphatic carbocycles. The summed E-state index contributed by atoms with van der Waals surface area (Å²) in [5.74, 6) is -0.563. The van der Waals surface area contributed by atoms with Gasteiger partial charge in [-0.05, 0) is 19.3 Å². The van der Waals surface area contributed by atoms with Gasteiger partial charge in [0.25, 0.3) is 5.56 Å². The Kier molecular flexibility index (Phi) is 4.29. The molecule has 0 bridgehead atoms. The number of methoxy groups -OCH3 is 1. The summed E-state index contributed by atoms with van der Waals surface area (Å²) >= 11 is 5.99. The zero-order valence-corrected chi connectivity index (χ0v) is 11.9. The number of rotatable bonds is 5. The maximum atomic E-state index is 11.9. The highest BCUT2D eigenvalue weighted by Crippen LogP contribution is 2.29. The standard InChI is InChI=1S/C12H17ClN4O3/c1-20-9(18)6-17-11(19)10(13)8(5-16-17)15-7-12(14)3-2-4-12/h5,15H,2-4,6-7,14H2,1H3. The van der Waals surface area contributed by atoms with Crippen LogP contribution in [-0.4, -0.2) is 34.9 Å². The molecule has 1 saturated carbocycles. The molecule has 110 valence electrons. The summed E-state index contributed by atoms with van der Waals surface area (Å²) in [5, 5.41) is 6.92. The monoisotopic (exact) mass is 300 g/mol. The molecule has 0 aromatic carbocycles. The third kappa shape index (κ3) is 3.10. The van der Waals surface area contributed by atoms with Gasteiger partial charge in [-0.2, -0.15) is 5.10 Å². The minimum atomic E-state index is -0.563. The molecule has 3 N–H and O–H groups in total. The molecule has 8 heteroatoms. The van der Waals surface area contributed by atoms with Crippen LogP contribution in [0.25, 0.3) is 0 Å². The zero-order chi connectivity index (χ0) is 14.8. The van der Waals surface area contributed by atoms with Crippen LogP contribution < -0.4 is 16.6 Å². The van der Waals surface area contributed by atoms with Crippen molar-refractivity contribution in [3.63, 3.8) is 0 Å². The molecule has 0 atom stereocenters. The fraction of sp³-hybridized carbons (Fsp3) is 0.583. The number of carbonyl (C=O) groups excluding carboxylic acids is 1. The number of anilines is 1. The first-order chi connectivity index (χ1) is 9.45. The topological polar surface area (TPSA) is 99.2 Å². The van der Waals surface area contributed by atoms with E-state index in [-0.39, 0.29) is 17.1 Å². The molecule has 1 aromatic heterocycles. The van der Waals surface area contributed by atoms with E-state index < -0.39 is 11.5 Å². The number of halogens is 1. The van der Waals surface area contributed by atoms with Gasteiger partial charge in [0.05, 0.1) is 19.0 Å². The van der Waals surface area contributed by atoms with E-state index in [1.807, 2.05) is 0 Å². The molecule has 0 saturated heterocycles. The molecule has 0 radical (unpaired) electrons. The van der Waals surface area contributed by atoms with E-state index in [4.69, 9.17) is 17.3 Å². The summed E-state index contributed by atoms with van der Waals surface area (Å²) in [6, 6.07) is 0. The Labute approximate surface area is 121 Å². The Morgan fingerprint density at radius 2 is 2.35 bits per heavy atom. The fourth-order valence-corrected chi connectivity index (χ4v) is 2.18. The van der Waals surface area contributed by atoms with E-state index in [1.165, 1.54) is 13.3 Å². The highest BCUT2D eigenvalue weighted by Gasteiger charge is 2.32. The van der Waals surface area contributed by atoms with Gasteiger partial charge in [-0.15, -0.1) is 0 Å². The minimum absolute atomic E-state index is 0.00757. The largest absolute Gasteiger partial charge is 0.468 e. The number of hydrogen-bond donors (Lipinski definition) is 2. The van der Waals surface area contributed by atoms with Crippen LogP contribution in [0.5, 0.6) is 0 Å². The van der Waals surface area contributed by atoms with Crippen LogP contribution in [0.2, 0.25) is 5.02 Å². The van der Waals surface area contributed by atoms with E-state index in [0.29, 0.717) is 12.2 Å². The van der Waals surface area contributed by atoms with Crippen molar-refractivity contribution in [2.75, 3.05) is 19.0 Å². The average Bonchev–Trinajstić information content (AvgIpc) is 2.40. The van der Waals surface area contributed by atoms with Crippen molar-refractivity contribution in [1.82, 2.24) is 9.78 Å². The molecule has 0 spiro atoms. The van der Waals surface area contributed by atoms with Crippen LogP contribution in [0.15, 0.2) is 11.0 Å². The van der Waals surface area contributed by atoms with Crippen molar-refractivity contribution < 1.29 is 9.53 Å². The molecule has 0 unspecified atom stereocenters. The normalized spacial score (nSPS) is 16.4. The van der Waals surface area contributed by atoms with Crippen molar-refractivity contribution in [3.8, 4) is 0 Å². The predicted molar refractivity (Wildman–Crippen MR) is 74.8 cm³/mol. The van der Waals surface area contributed by atoms with Crippen LogP contribution in [0.3, 0.4) is 0 Å². The highest BCUT2D eigenvalue weighted by molar-refractivity contribution is 6.32. The number of hydrogen-bond acceptors (Lipinski definition) is 6.